The molecule has 0 aromatic heterocycles. The summed E-state index contributed by atoms with van der Waals surface area (Å²) in [5, 5.41) is 0. The topological polar surface area (TPSA) is 20.3 Å². The Morgan fingerprint density at radius 1 is 1.11 bits per heavy atom. The molecule has 0 saturated heterocycles. The van der Waals surface area contributed by atoms with Crippen LogP contribution in [0.5, 0.6) is 0 Å². The molecule has 0 atom stereocenters. The lowest BCUT2D eigenvalue weighted by Gasteiger charge is -2.17. The van der Waals surface area contributed by atoms with Gasteiger partial charge in [-0.2, -0.15) is 0 Å². The molecule has 18 heavy (non-hydrogen) atoms. The SMILES string of the molecule is Cc1ccc2c(c1)CCN2C(=O)c1ccccc1. The van der Waals surface area contributed by atoms with E-state index in [1.807, 2.05) is 35.2 Å². The Labute approximate surface area is 107 Å². The summed E-state index contributed by atoms with van der Waals surface area (Å²) in [6.07, 6.45) is 0.954. The minimum absolute atomic E-state index is 0.0956. The summed E-state index contributed by atoms with van der Waals surface area (Å²) in [6, 6.07) is 15.8. The van der Waals surface area contributed by atoms with Gasteiger partial charge in [-0.3, -0.25) is 4.79 Å². The predicted molar refractivity (Wildman–Crippen MR) is 73.0 cm³/mol. The average Bonchev–Trinajstić information content (AvgIpc) is 2.81. The van der Waals surface area contributed by atoms with Crippen LogP contribution in [0.25, 0.3) is 0 Å². The first-order chi connectivity index (χ1) is 8.75. The van der Waals surface area contributed by atoms with Crippen LogP contribution in [0.4, 0.5) is 5.69 Å². The highest BCUT2D eigenvalue weighted by Crippen LogP contribution is 2.29. The fourth-order valence-electron chi connectivity index (χ4n) is 2.48. The average molecular weight is 237 g/mol. The van der Waals surface area contributed by atoms with Crippen LogP contribution in [0.3, 0.4) is 0 Å². The van der Waals surface area contributed by atoms with E-state index in [0.717, 1.165) is 24.2 Å². The van der Waals surface area contributed by atoms with Crippen LogP contribution in [0.1, 0.15) is 21.5 Å². The van der Waals surface area contributed by atoms with E-state index >= 15 is 0 Å². The standard InChI is InChI=1S/C16H15NO/c1-12-7-8-15-14(11-12)9-10-17(15)16(18)13-5-3-2-4-6-13/h2-8,11H,9-10H2,1H3. The van der Waals surface area contributed by atoms with Gasteiger partial charge in [-0.25, -0.2) is 0 Å². The lowest BCUT2D eigenvalue weighted by molar-refractivity contribution is 0.0989. The van der Waals surface area contributed by atoms with E-state index in [1.165, 1.54) is 11.1 Å². The Hall–Kier alpha value is -2.09. The van der Waals surface area contributed by atoms with Crippen LogP contribution in [0, 0.1) is 6.92 Å². The highest BCUT2D eigenvalue weighted by atomic mass is 16.2. The second-order valence-electron chi connectivity index (χ2n) is 4.70. The number of hydrogen-bond donors (Lipinski definition) is 0. The number of amides is 1. The molecular formula is C16H15NO. The van der Waals surface area contributed by atoms with Gasteiger partial charge in [0.1, 0.15) is 0 Å². The molecule has 2 heteroatoms. The van der Waals surface area contributed by atoms with Crippen LogP contribution in [0.2, 0.25) is 0 Å². The molecule has 0 radical (unpaired) electrons. The quantitative estimate of drug-likeness (QED) is 0.746. The van der Waals surface area contributed by atoms with E-state index in [1.54, 1.807) is 0 Å². The zero-order chi connectivity index (χ0) is 12.5. The molecule has 1 aliphatic rings. The van der Waals surface area contributed by atoms with Crippen LogP contribution in [-0.4, -0.2) is 12.5 Å². The van der Waals surface area contributed by atoms with Crippen molar-refractivity contribution in [2.75, 3.05) is 11.4 Å². The molecule has 2 aromatic rings. The van der Waals surface area contributed by atoms with Gasteiger partial charge in [0.25, 0.3) is 5.91 Å². The number of hydrogen-bond acceptors (Lipinski definition) is 1. The smallest absolute Gasteiger partial charge is 0.258 e. The Morgan fingerprint density at radius 2 is 1.89 bits per heavy atom. The second kappa shape index (κ2) is 4.30. The van der Waals surface area contributed by atoms with Crippen molar-refractivity contribution in [3.63, 3.8) is 0 Å². The number of carbonyl (C=O) groups excluding carboxylic acids is 1. The third-order valence-corrected chi connectivity index (χ3v) is 3.40. The number of aryl methyl sites for hydroxylation is 1. The minimum atomic E-state index is 0.0956. The van der Waals surface area contributed by atoms with Crippen molar-refractivity contribution in [3.8, 4) is 0 Å². The van der Waals surface area contributed by atoms with Crippen LogP contribution >= 0.6 is 0 Å². The summed E-state index contributed by atoms with van der Waals surface area (Å²) in [4.78, 5) is 14.3. The van der Waals surface area contributed by atoms with Gasteiger partial charge >= 0.3 is 0 Å². The molecule has 0 unspecified atom stereocenters. The summed E-state index contributed by atoms with van der Waals surface area (Å²) in [6.45, 7) is 2.87. The van der Waals surface area contributed by atoms with E-state index in [9.17, 15) is 4.79 Å². The maximum absolute atomic E-state index is 12.4. The maximum atomic E-state index is 12.4. The Bertz CT molecular complexity index is 589. The fourth-order valence-corrected chi connectivity index (χ4v) is 2.48. The molecule has 0 saturated carbocycles. The normalized spacial score (nSPS) is 13.5. The molecule has 1 aliphatic heterocycles. The number of rotatable bonds is 1. The zero-order valence-corrected chi connectivity index (χ0v) is 10.4. The van der Waals surface area contributed by atoms with E-state index in [0.29, 0.717) is 0 Å². The highest BCUT2D eigenvalue weighted by Gasteiger charge is 2.25. The molecule has 0 aliphatic carbocycles. The first kappa shape index (κ1) is 11.0. The number of anilines is 1. The predicted octanol–water partition coefficient (Wildman–Crippen LogP) is 3.20. The third kappa shape index (κ3) is 1.80. The second-order valence-corrected chi connectivity index (χ2v) is 4.70. The molecule has 90 valence electrons. The molecule has 0 fully saturated rings. The van der Waals surface area contributed by atoms with Gasteiger partial charge in [-0.15, -0.1) is 0 Å². The molecule has 0 bridgehead atoms. The Kier molecular flexibility index (Phi) is 2.63. The fraction of sp³-hybridized carbons (Fsp3) is 0.188. The maximum Gasteiger partial charge on any atom is 0.258 e. The molecule has 1 amide bonds. The van der Waals surface area contributed by atoms with Crippen molar-refractivity contribution in [2.24, 2.45) is 0 Å². The van der Waals surface area contributed by atoms with Gasteiger partial charge in [-0.1, -0.05) is 35.9 Å². The van der Waals surface area contributed by atoms with Gasteiger partial charge < -0.3 is 4.90 Å². The monoisotopic (exact) mass is 237 g/mol. The molecule has 3 rings (SSSR count). The van der Waals surface area contributed by atoms with E-state index in [2.05, 4.69) is 25.1 Å². The number of nitrogens with zero attached hydrogens (tertiary/aromatic N) is 1. The van der Waals surface area contributed by atoms with Crippen LogP contribution in [0.15, 0.2) is 48.5 Å². The molecule has 0 spiro atoms. The summed E-state index contributed by atoms with van der Waals surface area (Å²) >= 11 is 0. The highest BCUT2D eigenvalue weighted by molar-refractivity contribution is 6.07. The van der Waals surface area contributed by atoms with Crippen LogP contribution < -0.4 is 4.90 Å². The van der Waals surface area contributed by atoms with Gasteiger partial charge in [0, 0.05) is 17.8 Å². The number of carbonyl (C=O) groups is 1. The third-order valence-electron chi connectivity index (χ3n) is 3.40. The number of fused-ring (bicyclic) bond motifs is 1. The molecule has 0 N–H and O–H groups in total. The van der Waals surface area contributed by atoms with Crippen molar-refractivity contribution in [3.05, 3.63) is 65.2 Å². The molecule has 2 nitrogen and oxygen atoms in total. The van der Waals surface area contributed by atoms with Gasteiger partial charge in [0.15, 0.2) is 0 Å². The molecule has 1 heterocycles. The van der Waals surface area contributed by atoms with Gasteiger partial charge in [0.2, 0.25) is 0 Å². The molecule has 2 aromatic carbocycles. The van der Waals surface area contributed by atoms with Crippen molar-refractivity contribution in [2.45, 2.75) is 13.3 Å². The molecular weight excluding hydrogens is 222 g/mol. The Balaban J connectivity index is 1.95. The van der Waals surface area contributed by atoms with E-state index < -0.39 is 0 Å². The largest absolute Gasteiger partial charge is 0.308 e. The van der Waals surface area contributed by atoms with Crippen molar-refractivity contribution in [1.82, 2.24) is 0 Å². The summed E-state index contributed by atoms with van der Waals surface area (Å²) in [5.41, 5.74) is 4.35. The lowest BCUT2D eigenvalue weighted by atomic mass is 10.1. The van der Waals surface area contributed by atoms with Gasteiger partial charge in [0.05, 0.1) is 0 Å². The van der Waals surface area contributed by atoms with Crippen molar-refractivity contribution in [1.29, 1.82) is 0 Å². The first-order valence-corrected chi connectivity index (χ1v) is 6.22. The van der Waals surface area contributed by atoms with Crippen molar-refractivity contribution < 1.29 is 4.79 Å². The minimum Gasteiger partial charge on any atom is -0.308 e. The Morgan fingerprint density at radius 3 is 2.67 bits per heavy atom. The van der Waals surface area contributed by atoms with E-state index in [4.69, 9.17) is 0 Å². The van der Waals surface area contributed by atoms with Gasteiger partial charge in [-0.05, 0) is 37.1 Å². The van der Waals surface area contributed by atoms with Crippen LogP contribution in [-0.2, 0) is 6.42 Å². The summed E-state index contributed by atoms with van der Waals surface area (Å²) in [5.74, 6) is 0.0956. The lowest BCUT2D eigenvalue weighted by Crippen LogP contribution is -2.28. The number of benzene rings is 2. The first-order valence-electron chi connectivity index (χ1n) is 6.22. The zero-order valence-electron chi connectivity index (χ0n) is 10.4. The van der Waals surface area contributed by atoms with E-state index in [-0.39, 0.29) is 5.91 Å². The summed E-state index contributed by atoms with van der Waals surface area (Å²) < 4.78 is 0. The summed E-state index contributed by atoms with van der Waals surface area (Å²) in [7, 11) is 0. The van der Waals surface area contributed by atoms with Crippen molar-refractivity contribution >= 4 is 11.6 Å².